The standard InChI is InChI=1S/C13H14BNO3/c1-13(2)8-17-14(18-9-13)12-4-3-10(6-15)5-11(12)7-16/h3-5,7H,8-9H2,1-2H3. The van der Waals surface area contributed by atoms with Gasteiger partial charge in [0, 0.05) is 24.2 Å². The summed E-state index contributed by atoms with van der Waals surface area (Å²) in [4.78, 5) is 11.0. The van der Waals surface area contributed by atoms with Gasteiger partial charge in [-0.3, -0.25) is 4.79 Å². The monoisotopic (exact) mass is 243 g/mol. The number of hydrogen-bond donors (Lipinski definition) is 0. The molecule has 0 N–H and O–H groups in total. The normalized spacial score (nSPS) is 18.2. The molecule has 0 aromatic heterocycles. The van der Waals surface area contributed by atoms with E-state index in [-0.39, 0.29) is 5.41 Å². The van der Waals surface area contributed by atoms with Crippen LogP contribution in [0.4, 0.5) is 0 Å². The molecule has 0 aliphatic carbocycles. The maximum absolute atomic E-state index is 11.0. The van der Waals surface area contributed by atoms with E-state index in [0.29, 0.717) is 29.8 Å². The summed E-state index contributed by atoms with van der Waals surface area (Å²) in [5.41, 5.74) is 1.57. The molecule has 4 nitrogen and oxygen atoms in total. The molecule has 0 saturated carbocycles. The number of benzene rings is 1. The summed E-state index contributed by atoms with van der Waals surface area (Å²) >= 11 is 0. The van der Waals surface area contributed by atoms with Crippen molar-refractivity contribution in [1.29, 1.82) is 5.26 Å². The number of nitriles is 1. The highest BCUT2D eigenvalue weighted by atomic mass is 16.6. The molecule has 1 aromatic rings. The Morgan fingerprint density at radius 1 is 1.39 bits per heavy atom. The first kappa shape index (κ1) is 12.8. The third-order valence-corrected chi connectivity index (χ3v) is 2.85. The summed E-state index contributed by atoms with van der Waals surface area (Å²) in [5, 5.41) is 8.80. The minimum atomic E-state index is -0.522. The number of rotatable bonds is 2. The first-order valence-electron chi connectivity index (χ1n) is 5.78. The lowest BCUT2D eigenvalue weighted by Gasteiger charge is -2.33. The highest BCUT2D eigenvalue weighted by Crippen LogP contribution is 2.21. The van der Waals surface area contributed by atoms with Gasteiger partial charge in [0.25, 0.3) is 0 Å². The molecule has 0 unspecified atom stereocenters. The molecule has 1 aromatic carbocycles. The Labute approximate surface area is 107 Å². The van der Waals surface area contributed by atoms with Gasteiger partial charge in [-0.15, -0.1) is 0 Å². The van der Waals surface area contributed by atoms with Gasteiger partial charge in [-0.25, -0.2) is 0 Å². The van der Waals surface area contributed by atoms with Gasteiger partial charge in [0.1, 0.15) is 6.29 Å². The first-order valence-corrected chi connectivity index (χ1v) is 5.78. The highest BCUT2D eigenvalue weighted by molar-refractivity contribution is 6.62. The van der Waals surface area contributed by atoms with Crippen LogP contribution >= 0.6 is 0 Å². The topological polar surface area (TPSA) is 59.3 Å². The predicted octanol–water partition coefficient (Wildman–Crippen LogP) is 1.14. The van der Waals surface area contributed by atoms with Crippen LogP contribution in [0.1, 0.15) is 29.8 Å². The summed E-state index contributed by atoms with van der Waals surface area (Å²) in [7, 11) is -0.522. The van der Waals surface area contributed by atoms with Crippen LogP contribution in [-0.4, -0.2) is 26.6 Å². The second-order valence-corrected chi connectivity index (χ2v) is 5.19. The smallest absolute Gasteiger partial charge is 0.407 e. The molecule has 18 heavy (non-hydrogen) atoms. The Bertz CT molecular complexity index is 497. The average Bonchev–Trinajstić information content (AvgIpc) is 2.38. The van der Waals surface area contributed by atoms with Crippen LogP contribution < -0.4 is 5.46 Å². The Hall–Kier alpha value is -1.64. The van der Waals surface area contributed by atoms with Gasteiger partial charge in [-0.2, -0.15) is 5.26 Å². The van der Waals surface area contributed by atoms with Gasteiger partial charge in [0.2, 0.25) is 0 Å². The van der Waals surface area contributed by atoms with E-state index in [9.17, 15) is 4.79 Å². The molecule has 5 heteroatoms. The van der Waals surface area contributed by atoms with Crippen LogP contribution in [0.3, 0.4) is 0 Å². The van der Waals surface area contributed by atoms with E-state index in [4.69, 9.17) is 14.6 Å². The summed E-state index contributed by atoms with van der Waals surface area (Å²) in [5.74, 6) is 0. The minimum Gasteiger partial charge on any atom is -0.407 e. The fourth-order valence-electron chi connectivity index (χ4n) is 1.83. The molecule has 0 radical (unpaired) electrons. The van der Waals surface area contributed by atoms with Crippen molar-refractivity contribution in [1.82, 2.24) is 0 Å². The van der Waals surface area contributed by atoms with E-state index >= 15 is 0 Å². The Morgan fingerprint density at radius 2 is 2.06 bits per heavy atom. The van der Waals surface area contributed by atoms with E-state index in [2.05, 4.69) is 13.8 Å². The van der Waals surface area contributed by atoms with Crippen molar-refractivity contribution in [2.75, 3.05) is 13.2 Å². The van der Waals surface area contributed by atoms with Crippen LogP contribution in [0.25, 0.3) is 0 Å². The average molecular weight is 243 g/mol. The second kappa shape index (κ2) is 4.93. The summed E-state index contributed by atoms with van der Waals surface area (Å²) in [6, 6.07) is 6.93. The third-order valence-electron chi connectivity index (χ3n) is 2.85. The molecule has 0 bridgehead atoms. The molecule has 1 aliphatic heterocycles. The van der Waals surface area contributed by atoms with Crippen molar-refractivity contribution in [3.05, 3.63) is 29.3 Å². The van der Waals surface area contributed by atoms with E-state index < -0.39 is 7.12 Å². The van der Waals surface area contributed by atoms with Crippen LogP contribution in [0, 0.1) is 16.7 Å². The molecular formula is C13H14BNO3. The summed E-state index contributed by atoms with van der Waals surface area (Å²) in [6.07, 6.45) is 0.725. The molecule has 0 spiro atoms. The first-order chi connectivity index (χ1) is 8.55. The van der Waals surface area contributed by atoms with E-state index in [1.165, 1.54) is 0 Å². The molecule has 0 amide bonds. The Kier molecular flexibility index (Phi) is 3.51. The maximum Gasteiger partial charge on any atom is 0.494 e. The predicted molar refractivity (Wildman–Crippen MR) is 67.6 cm³/mol. The van der Waals surface area contributed by atoms with Crippen molar-refractivity contribution in [2.24, 2.45) is 5.41 Å². The van der Waals surface area contributed by atoms with Crippen LogP contribution in [-0.2, 0) is 9.31 Å². The van der Waals surface area contributed by atoms with Gasteiger partial charge < -0.3 is 9.31 Å². The third kappa shape index (κ3) is 2.61. The summed E-state index contributed by atoms with van der Waals surface area (Å²) in [6.45, 7) is 5.27. The summed E-state index contributed by atoms with van der Waals surface area (Å²) < 4.78 is 11.3. The largest absolute Gasteiger partial charge is 0.494 e. The SMILES string of the molecule is CC1(C)COB(c2ccc(C#N)cc2C=O)OC1. The van der Waals surface area contributed by atoms with E-state index in [0.717, 1.165) is 6.29 Å². The van der Waals surface area contributed by atoms with Gasteiger partial charge in [0.05, 0.1) is 11.6 Å². The van der Waals surface area contributed by atoms with Crippen molar-refractivity contribution >= 4 is 18.9 Å². The van der Waals surface area contributed by atoms with Gasteiger partial charge in [-0.05, 0) is 17.6 Å². The molecule has 1 aliphatic rings. The van der Waals surface area contributed by atoms with Gasteiger partial charge in [0.15, 0.2) is 0 Å². The Morgan fingerprint density at radius 3 is 2.61 bits per heavy atom. The number of aldehydes is 1. The Balaban J connectivity index is 2.24. The second-order valence-electron chi connectivity index (χ2n) is 5.19. The number of hydrogen-bond acceptors (Lipinski definition) is 4. The highest BCUT2D eigenvalue weighted by Gasteiger charge is 2.34. The molecule has 1 fully saturated rings. The fraction of sp³-hybridized carbons (Fsp3) is 0.385. The number of carbonyl (C=O) groups excluding carboxylic acids is 1. The van der Waals surface area contributed by atoms with Crippen molar-refractivity contribution in [2.45, 2.75) is 13.8 Å². The zero-order valence-corrected chi connectivity index (χ0v) is 10.5. The van der Waals surface area contributed by atoms with Crippen LogP contribution in [0.2, 0.25) is 0 Å². The minimum absolute atomic E-state index is 0.00949. The number of carbonyl (C=O) groups is 1. The quantitative estimate of drug-likeness (QED) is 0.577. The van der Waals surface area contributed by atoms with Crippen LogP contribution in [0.5, 0.6) is 0 Å². The molecule has 92 valence electrons. The maximum atomic E-state index is 11.0. The molecule has 2 rings (SSSR count). The van der Waals surface area contributed by atoms with Crippen molar-refractivity contribution in [3.63, 3.8) is 0 Å². The molecule has 0 atom stereocenters. The lowest BCUT2D eigenvalue weighted by molar-refractivity contribution is 0.0342. The van der Waals surface area contributed by atoms with Crippen molar-refractivity contribution in [3.8, 4) is 6.07 Å². The lowest BCUT2D eigenvalue weighted by atomic mass is 9.73. The van der Waals surface area contributed by atoms with E-state index in [1.807, 2.05) is 6.07 Å². The van der Waals surface area contributed by atoms with Gasteiger partial charge >= 0.3 is 7.12 Å². The zero-order valence-electron chi connectivity index (χ0n) is 10.5. The number of nitrogens with zero attached hydrogens (tertiary/aromatic N) is 1. The fourth-order valence-corrected chi connectivity index (χ4v) is 1.83. The molecule has 1 saturated heterocycles. The van der Waals surface area contributed by atoms with E-state index in [1.54, 1.807) is 18.2 Å². The van der Waals surface area contributed by atoms with Crippen molar-refractivity contribution < 1.29 is 14.1 Å². The van der Waals surface area contributed by atoms with Crippen LogP contribution in [0.15, 0.2) is 18.2 Å². The lowest BCUT2D eigenvalue weighted by Crippen LogP contribution is -2.48. The van der Waals surface area contributed by atoms with Gasteiger partial charge in [-0.1, -0.05) is 19.9 Å². The molecule has 1 heterocycles. The molecular weight excluding hydrogens is 229 g/mol. The zero-order chi connectivity index (χ0) is 13.2.